The highest BCUT2D eigenvalue weighted by Gasteiger charge is 2.18. The summed E-state index contributed by atoms with van der Waals surface area (Å²) in [6.07, 6.45) is 3.11. The molecule has 23 heavy (non-hydrogen) atoms. The van der Waals surface area contributed by atoms with Crippen LogP contribution >= 0.6 is 23.2 Å². The highest BCUT2D eigenvalue weighted by molar-refractivity contribution is 6.42. The van der Waals surface area contributed by atoms with Gasteiger partial charge >= 0.3 is 0 Å². The van der Waals surface area contributed by atoms with E-state index >= 15 is 0 Å². The fraction of sp³-hybridized carbons (Fsp3) is 0.333. The van der Waals surface area contributed by atoms with E-state index in [0.717, 1.165) is 17.5 Å². The monoisotopic (exact) mass is 350 g/mol. The quantitative estimate of drug-likeness (QED) is 0.867. The van der Waals surface area contributed by atoms with Crippen LogP contribution in [-0.2, 0) is 12.8 Å². The van der Waals surface area contributed by atoms with Gasteiger partial charge in [0.15, 0.2) is 0 Å². The number of hydrogen-bond acceptors (Lipinski definition) is 2. The van der Waals surface area contributed by atoms with Gasteiger partial charge in [0.25, 0.3) is 5.91 Å². The Bertz CT molecular complexity index is 708. The SMILES string of the molecule is CC(C)(C)NC(=O)c1ncccc1CCc1ccc(Cl)c(Cl)c1. The molecule has 1 aromatic heterocycles. The van der Waals surface area contributed by atoms with Crippen molar-refractivity contribution in [1.29, 1.82) is 0 Å². The molecule has 122 valence electrons. The van der Waals surface area contributed by atoms with Crippen molar-refractivity contribution in [3.8, 4) is 0 Å². The highest BCUT2D eigenvalue weighted by atomic mass is 35.5. The van der Waals surface area contributed by atoms with Gasteiger partial charge in [-0.3, -0.25) is 9.78 Å². The molecule has 0 aliphatic heterocycles. The number of aryl methyl sites for hydroxylation is 2. The lowest BCUT2D eigenvalue weighted by Gasteiger charge is -2.21. The first kappa shape index (κ1) is 17.8. The molecule has 0 atom stereocenters. The summed E-state index contributed by atoms with van der Waals surface area (Å²) in [5.41, 5.74) is 2.17. The van der Waals surface area contributed by atoms with E-state index in [0.29, 0.717) is 22.2 Å². The van der Waals surface area contributed by atoms with Crippen LogP contribution in [0, 0.1) is 0 Å². The topological polar surface area (TPSA) is 42.0 Å². The number of benzene rings is 1. The van der Waals surface area contributed by atoms with Gasteiger partial charge in [0.05, 0.1) is 10.0 Å². The fourth-order valence-electron chi connectivity index (χ4n) is 2.22. The lowest BCUT2D eigenvalue weighted by molar-refractivity contribution is 0.0913. The van der Waals surface area contributed by atoms with E-state index in [1.807, 2.05) is 45.0 Å². The summed E-state index contributed by atoms with van der Waals surface area (Å²) < 4.78 is 0. The van der Waals surface area contributed by atoms with Gasteiger partial charge in [-0.1, -0.05) is 35.3 Å². The maximum atomic E-state index is 12.4. The summed E-state index contributed by atoms with van der Waals surface area (Å²) >= 11 is 12.0. The third-order valence-corrected chi connectivity index (χ3v) is 4.00. The third kappa shape index (κ3) is 5.22. The predicted octanol–water partition coefficient (Wildman–Crippen LogP) is 4.70. The number of pyridine rings is 1. The Kier molecular flexibility index (Phi) is 5.66. The van der Waals surface area contributed by atoms with Crippen LogP contribution in [0.25, 0.3) is 0 Å². The number of aromatic nitrogens is 1. The summed E-state index contributed by atoms with van der Waals surface area (Å²) in [6, 6.07) is 9.37. The maximum absolute atomic E-state index is 12.4. The lowest BCUT2D eigenvalue weighted by atomic mass is 10.0. The van der Waals surface area contributed by atoms with Crippen molar-refractivity contribution < 1.29 is 4.79 Å². The minimum absolute atomic E-state index is 0.151. The highest BCUT2D eigenvalue weighted by Crippen LogP contribution is 2.23. The molecule has 5 heteroatoms. The van der Waals surface area contributed by atoms with Crippen LogP contribution in [0.5, 0.6) is 0 Å². The van der Waals surface area contributed by atoms with Gasteiger partial charge in [0.1, 0.15) is 5.69 Å². The van der Waals surface area contributed by atoms with Crippen molar-refractivity contribution in [3.05, 3.63) is 63.4 Å². The number of amides is 1. The average Bonchev–Trinajstić information content (AvgIpc) is 2.47. The smallest absolute Gasteiger partial charge is 0.270 e. The predicted molar refractivity (Wildman–Crippen MR) is 95.3 cm³/mol. The van der Waals surface area contributed by atoms with Gasteiger partial charge in [-0.25, -0.2) is 0 Å². The first-order chi connectivity index (χ1) is 10.8. The van der Waals surface area contributed by atoms with Crippen LogP contribution < -0.4 is 5.32 Å². The molecular formula is C18H20Cl2N2O. The molecule has 3 nitrogen and oxygen atoms in total. The maximum Gasteiger partial charge on any atom is 0.270 e. The number of carbonyl (C=O) groups is 1. The van der Waals surface area contributed by atoms with E-state index < -0.39 is 0 Å². The summed E-state index contributed by atoms with van der Waals surface area (Å²) in [4.78, 5) is 16.6. The zero-order valence-electron chi connectivity index (χ0n) is 13.5. The van der Waals surface area contributed by atoms with Crippen molar-refractivity contribution in [2.24, 2.45) is 0 Å². The third-order valence-electron chi connectivity index (χ3n) is 3.26. The number of rotatable bonds is 4. The summed E-state index contributed by atoms with van der Waals surface area (Å²) in [5, 5.41) is 4.04. The normalized spacial score (nSPS) is 11.3. The van der Waals surface area contributed by atoms with Crippen LogP contribution in [0.2, 0.25) is 10.0 Å². The Labute approximate surface area is 147 Å². The fourth-order valence-corrected chi connectivity index (χ4v) is 2.54. The van der Waals surface area contributed by atoms with Crippen LogP contribution in [0.4, 0.5) is 0 Å². The van der Waals surface area contributed by atoms with Crippen molar-refractivity contribution >= 4 is 29.1 Å². The first-order valence-corrected chi connectivity index (χ1v) is 8.22. The van der Waals surface area contributed by atoms with Crippen LogP contribution in [0.3, 0.4) is 0 Å². The largest absolute Gasteiger partial charge is 0.346 e. The Hall–Kier alpha value is -1.58. The molecule has 0 fully saturated rings. The van der Waals surface area contributed by atoms with Gasteiger partial charge in [0, 0.05) is 11.7 Å². The standard InChI is InChI=1S/C18H20Cl2N2O/c1-18(2,3)22-17(23)16-13(5-4-10-21-16)8-6-12-7-9-14(19)15(20)11-12/h4-5,7,9-11H,6,8H2,1-3H3,(H,22,23). The molecule has 1 heterocycles. The molecule has 1 N–H and O–H groups in total. The van der Waals surface area contributed by atoms with E-state index in [9.17, 15) is 4.79 Å². The summed E-state index contributed by atoms with van der Waals surface area (Å²) in [7, 11) is 0. The summed E-state index contributed by atoms with van der Waals surface area (Å²) in [6.45, 7) is 5.84. The molecule has 1 aromatic carbocycles. The lowest BCUT2D eigenvalue weighted by Crippen LogP contribution is -2.41. The van der Waals surface area contributed by atoms with Crippen molar-refractivity contribution in [1.82, 2.24) is 10.3 Å². The molecule has 2 rings (SSSR count). The molecule has 0 saturated carbocycles. The Morgan fingerprint density at radius 2 is 1.87 bits per heavy atom. The molecule has 0 unspecified atom stereocenters. The van der Waals surface area contributed by atoms with Crippen LogP contribution in [0.15, 0.2) is 36.5 Å². The Morgan fingerprint density at radius 3 is 2.52 bits per heavy atom. The van der Waals surface area contributed by atoms with Crippen molar-refractivity contribution in [2.75, 3.05) is 0 Å². The van der Waals surface area contributed by atoms with E-state index in [1.54, 1.807) is 12.3 Å². The second-order valence-corrected chi connectivity index (χ2v) is 7.28. The number of hydrogen-bond donors (Lipinski definition) is 1. The van der Waals surface area contributed by atoms with Gasteiger partial charge in [0.2, 0.25) is 0 Å². The van der Waals surface area contributed by atoms with E-state index in [1.165, 1.54) is 0 Å². The number of nitrogens with one attached hydrogen (secondary N) is 1. The van der Waals surface area contributed by atoms with E-state index in [4.69, 9.17) is 23.2 Å². The number of nitrogens with zero attached hydrogens (tertiary/aromatic N) is 1. The summed E-state index contributed by atoms with van der Waals surface area (Å²) in [5.74, 6) is -0.151. The Balaban J connectivity index is 2.14. The second kappa shape index (κ2) is 7.33. The van der Waals surface area contributed by atoms with Crippen molar-refractivity contribution in [3.63, 3.8) is 0 Å². The Morgan fingerprint density at radius 1 is 1.13 bits per heavy atom. The van der Waals surface area contributed by atoms with Crippen molar-refractivity contribution in [2.45, 2.75) is 39.2 Å². The minimum atomic E-state index is -0.296. The number of carbonyl (C=O) groups excluding carboxylic acids is 1. The van der Waals surface area contributed by atoms with Crippen LogP contribution in [-0.4, -0.2) is 16.4 Å². The van der Waals surface area contributed by atoms with Gasteiger partial charge in [-0.15, -0.1) is 0 Å². The zero-order valence-corrected chi connectivity index (χ0v) is 15.0. The van der Waals surface area contributed by atoms with Gasteiger partial charge in [-0.2, -0.15) is 0 Å². The molecule has 0 saturated heterocycles. The molecular weight excluding hydrogens is 331 g/mol. The average molecular weight is 351 g/mol. The van der Waals surface area contributed by atoms with Gasteiger partial charge in [-0.05, 0) is 62.9 Å². The van der Waals surface area contributed by atoms with Crippen LogP contribution in [0.1, 0.15) is 42.4 Å². The molecule has 2 aromatic rings. The second-order valence-electron chi connectivity index (χ2n) is 6.46. The van der Waals surface area contributed by atoms with E-state index in [-0.39, 0.29) is 11.4 Å². The number of halogens is 2. The zero-order chi connectivity index (χ0) is 17.0. The van der Waals surface area contributed by atoms with E-state index in [2.05, 4.69) is 10.3 Å². The molecule has 0 aliphatic carbocycles. The molecule has 0 spiro atoms. The minimum Gasteiger partial charge on any atom is -0.346 e. The first-order valence-electron chi connectivity index (χ1n) is 7.46. The molecule has 0 aliphatic rings. The molecule has 0 bridgehead atoms. The molecule has 1 amide bonds. The van der Waals surface area contributed by atoms with Gasteiger partial charge < -0.3 is 5.32 Å². The molecule has 0 radical (unpaired) electrons.